The number of thioether (sulfide) groups is 1. The average molecular weight is 283 g/mol. The standard InChI is InChI=1S/C10H9F4NO2S/c11-5-1-2-8(7(15)3-5)18-4-6(9(16)17)10(12,13)14/h1-3,6H,4,15H2,(H,16,17). The van der Waals surface area contributed by atoms with Crippen molar-refractivity contribution in [1.82, 2.24) is 0 Å². The zero-order valence-corrected chi connectivity index (χ0v) is 9.69. The zero-order valence-electron chi connectivity index (χ0n) is 8.87. The lowest BCUT2D eigenvalue weighted by Crippen LogP contribution is -2.32. The molecule has 0 fully saturated rings. The van der Waals surface area contributed by atoms with Crippen molar-refractivity contribution < 1.29 is 27.5 Å². The summed E-state index contributed by atoms with van der Waals surface area (Å²) >= 11 is 0.627. The molecule has 3 nitrogen and oxygen atoms in total. The number of alkyl halides is 3. The van der Waals surface area contributed by atoms with Gasteiger partial charge in [0.1, 0.15) is 5.82 Å². The number of halogens is 4. The van der Waals surface area contributed by atoms with Gasteiger partial charge in [-0.3, -0.25) is 4.79 Å². The largest absolute Gasteiger partial charge is 0.481 e. The molecule has 8 heteroatoms. The van der Waals surface area contributed by atoms with Gasteiger partial charge in [0.25, 0.3) is 0 Å². The lowest BCUT2D eigenvalue weighted by atomic mass is 10.2. The van der Waals surface area contributed by atoms with E-state index in [0.717, 1.165) is 12.1 Å². The molecular formula is C10H9F4NO2S. The lowest BCUT2D eigenvalue weighted by molar-refractivity contribution is -0.188. The maximum absolute atomic E-state index is 12.7. The number of hydrogen-bond donors (Lipinski definition) is 2. The number of benzene rings is 1. The minimum atomic E-state index is -4.83. The van der Waals surface area contributed by atoms with Crippen LogP contribution in [0.15, 0.2) is 23.1 Å². The van der Waals surface area contributed by atoms with Crippen molar-refractivity contribution in [2.45, 2.75) is 11.1 Å². The summed E-state index contributed by atoms with van der Waals surface area (Å²) in [5.74, 6) is -5.75. The number of carboxylic acid groups (broad SMARTS) is 1. The van der Waals surface area contributed by atoms with E-state index in [0.29, 0.717) is 11.8 Å². The Hall–Kier alpha value is -1.44. The van der Waals surface area contributed by atoms with Crippen molar-refractivity contribution in [3.8, 4) is 0 Å². The van der Waals surface area contributed by atoms with E-state index in [-0.39, 0.29) is 10.6 Å². The van der Waals surface area contributed by atoms with Crippen LogP contribution in [0.2, 0.25) is 0 Å². The fraction of sp³-hybridized carbons (Fsp3) is 0.300. The van der Waals surface area contributed by atoms with Crippen molar-refractivity contribution in [1.29, 1.82) is 0 Å². The van der Waals surface area contributed by atoms with Gasteiger partial charge in [0.2, 0.25) is 0 Å². The number of carboxylic acids is 1. The highest BCUT2D eigenvalue weighted by atomic mass is 32.2. The first-order valence-electron chi connectivity index (χ1n) is 4.69. The summed E-state index contributed by atoms with van der Waals surface area (Å²) in [7, 11) is 0. The van der Waals surface area contributed by atoms with Gasteiger partial charge in [0, 0.05) is 16.3 Å². The van der Waals surface area contributed by atoms with Gasteiger partial charge in [-0.05, 0) is 18.2 Å². The topological polar surface area (TPSA) is 63.3 Å². The SMILES string of the molecule is Nc1cc(F)ccc1SCC(C(=O)O)C(F)(F)F. The number of nitrogens with two attached hydrogens (primary N) is 1. The molecule has 0 aliphatic carbocycles. The van der Waals surface area contributed by atoms with E-state index >= 15 is 0 Å². The van der Waals surface area contributed by atoms with Gasteiger partial charge in [-0.1, -0.05) is 0 Å². The Morgan fingerprint density at radius 3 is 2.50 bits per heavy atom. The van der Waals surface area contributed by atoms with Gasteiger partial charge < -0.3 is 10.8 Å². The molecule has 100 valence electrons. The molecule has 0 aliphatic rings. The fourth-order valence-corrected chi connectivity index (χ4v) is 2.20. The van der Waals surface area contributed by atoms with Crippen LogP contribution in [0.5, 0.6) is 0 Å². The third kappa shape index (κ3) is 3.80. The van der Waals surface area contributed by atoms with E-state index in [1.807, 2.05) is 0 Å². The first-order chi connectivity index (χ1) is 8.21. The van der Waals surface area contributed by atoms with Crippen LogP contribution < -0.4 is 5.73 Å². The normalized spacial score (nSPS) is 13.3. The first-order valence-corrected chi connectivity index (χ1v) is 5.67. The highest BCUT2D eigenvalue weighted by Crippen LogP contribution is 2.34. The van der Waals surface area contributed by atoms with Crippen molar-refractivity contribution in [3.05, 3.63) is 24.0 Å². The second-order valence-electron chi connectivity index (χ2n) is 3.43. The highest BCUT2D eigenvalue weighted by molar-refractivity contribution is 7.99. The van der Waals surface area contributed by atoms with E-state index in [9.17, 15) is 22.4 Å². The Morgan fingerprint density at radius 1 is 1.44 bits per heavy atom. The second kappa shape index (κ2) is 5.47. The molecule has 1 rings (SSSR count). The fourth-order valence-electron chi connectivity index (χ4n) is 1.13. The number of carbonyl (C=O) groups is 1. The van der Waals surface area contributed by atoms with Gasteiger partial charge in [-0.25, -0.2) is 4.39 Å². The Morgan fingerprint density at radius 2 is 2.06 bits per heavy atom. The number of rotatable bonds is 4. The van der Waals surface area contributed by atoms with Crippen LogP contribution in [0.1, 0.15) is 0 Å². The molecule has 0 amide bonds. The van der Waals surface area contributed by atoms with Gasteiger partial charge in [-0.2, -0.15) is 13.2 Å². The van der Waals surface area contributed by atoms with Crippen molar-refractivity contribution in [2.24, 2.45) is 5.92 Å². The summed E-state index contributed by atoms with van der Waals surface area (Å²) in [6, 6.07) is 3.22. The molecule has 1 aromatic carbocycles. The third-order valence-corrected chi connectivity index (χ3v) is 3.25. The van der Waals surface area contributed by atoms with E-state index < -0.39 is 29.6 Å². The number of hydrogen-bond acceptors (Lipinski definition) is 3. The molecule has 18 heavy (non-hydrogen) atoms. The Balaban J connectivity index is 2.77. The molecule has 0 saturated carbocycles. The Labute approximate surface area is 104 Å². The zero-order chi connectivity index (χ0) is 13.9. The van der Waals surface area contributed by atoms with Crippen LogP contribution in [0.25, 0.3) is 0 Å². The first kappa shape index (κ1) is 14.6. The number of anilines is 1. The van der Waals surface area contributed by atoms with Crippen molar-refractivity contribution in [2.75, 3.05) is 11.5 Å². The van der Waals surface area contributed by atoms with Gasteiger partial charge in [-0.15, -0.1) is 11.8 Å². The maximum atomic E-state index is 12.7. The summed E-state index contributed by atoms with van der Waals surface area (Å²) < 4.78 is 49.8. The van der Waals surface area contributed by atoms with Crippen LogP contribution >= 0.6 is 11.8 Å². The minimum Gasteiger partial charge on any atom is -0.481 e. The molecule has 0 aromatic heterocycles. The molecule has 3 N–H and O–H groups in total. The summed E-state index contributed by atoms with van der Waals surface area (Å²) in [6.07, 6.45) is -4.83. The Kier molecular flexibility index (Phi) is 4.44. The van der Waals surface area contributed by atoms with Gasteiger partial charge in [0.15, 0.2) is 5.92 Å². The number of nitrogen functional groups attached to an aromatic ring is 1. The van der Waals surface area contributed by atoms with Crippen LogP contribution in [-0.4, -0.2) is 23.0 Å². The highest BCUT2D eigenvalue weighted by Gasteiger charge is 2.44. The number of aliphatic carboxylic acids is 1. The predicted octanol–water partition coefficient (Wildman–Crippen LogP) is 2.76. The summed E-state index contributed by atoms with van der Waals surface area (Å²) in [5, 5.41) is 8.48. The van der Waals surface area contributed by atoms with Crippen LogP contribution in [0.4, 0.5) is 23.2 Å². The molecule has 1 atom stereocenters. The molecule has 0 radical (unpaired) electrons. The molecule has 0 aliphatic heterocycles. The van der Waals surface area contributed by atoms with Crippen LogP contribution in [-0.2, 0) is 4.79 Å². The summed E-state index contributed by atoms with van der Waals surface area (Å²) in [6.45, 7) is 0. The quantitative estimate of drug-likeness (QED) is 0.506. The summed E-state index contributed by atoms with van der Waals surface area (Å²) in [4.78, 5) is 10.7. The Bertz CT molecular complexity index is 450. The maximum Gasteiger partial charge on any atom is 0.403 e. The monoisotopic (exact) mass is 283 g/mol. The lowest BCUT2D eigenvalue weighted by Gasteiger charge is -2.15. The van der Waals surface area contributed by atoms with Crippen LogP contribution in [0.3, 0.4) is 0 Å². The average Bonchev–Trinajstić information content (AvgIpc) is 2.18. The van der Waals surface area contributed by atoms with Gasteiger partial charge in [0.05, 0.1) is 0 Å². The van der Waals surface area contributed by atoms with E-state index in [1.54, 1.807) is 0 Å². The predicted molar refractivity (Wildman–Crippen MR) is 58.7 cm³/mol. The van der Waals surface area contributed by atoms with E-state index in [2.05, 4.69) is 0 Å². The molecule has 0 heterocycles. The minimum absolute atomic E-state index is 0.0219. The molecular weight excluding hydrogens is 274 g/mol. The molecule has 0 spiro atoms. The van der Waals surface area contributed by atoms with Crippen molar-refractivity contribution >= 4 is 23.4 Å². The smallest absolute Gasteiger partial charge is 0.403 e. The molecule has 1 unspecified atom stereocenters. The van der Waals surface area contributed by atoms with Crippen LogP contribution in [0, 0.1) is 11.7 Å². The summed E-state index contributed by atoms with van der Waals surface area (Å²) in [5.41, 5.74) is 5.38. The molecule has 1 aromatic rings. The third-order valence-electron chi connectivity index (χ3n) is 2.07. The van der Waals surface area contributed by atoms with E-state index in [1.165, 1.54) is 6.07 Å². The van der Waals surface area contributed by atoms with Crippen molar-refractivity contribution in [3.63, 3.8) is 0 Å². The molecule has 0 saturated heterocycles. The second-order valence-corrected chi connectivity index (χ2v) is 4.49. The molecule has 0 bridgehead atoms. The van der Waals surface area contributed by atoms with Gasteiger partial charge >= 0.3 is 12.1 Å². The van der Waals surface area contributed by atoms with E-state index in [4.69, 9.17) is 10.8 Å².